The lowest BCUT2D eigenvalue weighted by atomic mass is 10.0. The SMILES string of the molecule is CCCN(CC(=O)O)C(=O)c1ccc(S(=O)(=O)N2CCC(C)CC2)s1. The van der Waals surface area contributed by atoms with Crippen LogP contribution in [0.4, 0.5) is 0 Å². The van der Waals surface area contributed by atoms with E-state index in [1.54, 1.807) is 0 Å². The minimum Gasteiger partial charge on any atom is -0.480 e. The van der Waals surface area contributed by atoms with Gasteiger partial charge in [-0.2, -0.15) is 4.31 Å². The monoisotopic (exact) mass is 388 g/mol. The van der Waals surface area contributed by atoms with Crippen LogP contribution in [0.15, 0.2) is 16.3 Å². The van der Waals surface area contributed by atoms with E-state index in [0.29, 0.717) is 32.0 Å². The molecule has 0 bridgehead atoms. The fourth-order valence-electron chi connectivity index (χ4n) is 2.77. The summed E-state index contributed by atoms with van der Waals surface area (Å²) in [5.74, 6) is -1.01. The van der Waals surface area contributed by atoms with E-state index in [4.69, 9.17) is 5.11 Å². The van der Waals surface area contributed by atoms with Gasteiger partial charge >= 0.3 is 5.97 Å². The van der Waals surface area contributed by atoms with Gasteiger partial charge in [0.25, 0.3) is 15.9 Å². The highest BCUT2D eigenvalue weighted by atomic mass is 32.2. The van der Waals surface area contributed by atoms with Crippen LogP contribution in [0.2, 0.25) is 0 Å². The topological polar surface area (TPSA) is 95.0 Å². The van der Waals surface area contributed by atoms with Gasteiger partial charge in [0.2, 0.25) is 0 Å². The number of hydrogen-bond acceptors (Lipinski definition) is 5. The van der Waals surface area contributed by atoms with Gasteiger partial charge in [0.15, 0.2) is 0 Å². The maximum atomic E-state index is 12.7. The highest BCUT2D eigenvalue weighted by molar-refractivity contribution is 7.91. The summed E-state index contributed by atoms with van der Waals surface area (Å²) in [6, 6.07) is 2.91. The summed E-state index contributed by atoms with van der Waals surface area (Å²) >= 11 is 0.910. The molecule has 1 amide bonds. The first-order valence-corrected chi connectivity index (χ1v) is 10.6. The maximum Gasteiger partial charge on any atom is 0.323 e. The summed E-state index contributed by atoms with van der Waals surface area (Å²) in [6.07, 6.45) is 2.29. The van der Waals surface area contributed by atoms with E-state index in [1.807, 2.05) is 6.92 Å². The molecule has 1 aliphatic rings. The second-order valence-electron chi connectivity index (χ2n) is 6.33. The largest absolute Gasteiger partial charge is 0.480 e. The molecule has 1 aliphatic heterocycles. The standard InChI is InChI=1S/C16H24N2O5S2/c1-3-8-17(11-14(19)20)16(21)13-4-5-15(24-13)25(22,23)18-9-6-12(2)7-10-18/h4-5,12H,3,6-11H2,1-2H3,(H,19,20). The van der Waals surface area contributed by atoms with Crippen molar-refractivity contribution in [2.45, 2.75) is 37.3 Å². The molecule has 25 heavy (non-hydrogen) atoms. The van der Waals surface area contributed by atoms with E-state index in [-0.39, 0.29) is 9.09 Å². The highest BCUT2D eigenvalue weighted by Crippen LogP contribution is 2.29. The van der Waals surface area contributed by atoms with E-state index < -0.39 is 28.4 Å². The van der Waals surface area contributed by atoms with Crippen LogP contribution in [0, 0.1) is 5.92 Å². The van der Waals surface area contributed by atoms with Gasteiger partial charge in [-0.3, -0.25) is 9.59 Å². The van der Waals surface area contributed by atoms with Crippen LogP contribution in [0.5, 0.6) is 0 Å². The van der Waals surface area contributed by atoms with Crippen molar-refractivity contribution in [2.24, 2.45) is 5.92 Å². The number of nitrogens with zero attached hydrogens (tertiary/aromatic N) is 2. The maximum absolute atomic E-state index is 12.7. The van der Waals surface area contributed by atoms with E-state index in [9.17, 15) is 18.0 Å². The van der Waals surface area contributed by atoms with Crippen molar-refractivity contribution in [1.29, 1.82) is 0 Å². The highest BCUT2D eigenvalue weighted by Gasteiger charge is 2.30. The molecule has 9 heteroatoms. The van der Waals surface area contributed by atoms with Gasteiger partial charge in [-0.1, -0.05) is 13.8 Å². The Morgan fingerprint density at radius 2 is 1.96 bits per heavy atom. The average molecular weight is 389 g/mol. The Kier molecular flexibility index (Phi) is 6.59. The Hall–Kier alpha value is -1.45. The lowest BCUT2D eigenvalue weighted by molar-refractivity contribution is -0.137. The van der Waals surface area contributed by atoms with Crippen LogP contribution >= 0.6 is 11.3 Å². The first-order chi connectivity index (χ1) is 11.8. The summed E-state index contributed by atoms with van der Waals surface area (Å²) in [5.41, 5.74) is 0. The van der Waals surface area contributed by atoms with Crippen LogP contribution in [-0.2, 0) is 14.8 Å². The summed E-state index contributed by atoms with van der Waals surface area (Å²) in [7, 11) is -3.59. The molecule has 2 rings (SSSR count). The van der Waals surface area contributed by atoms with Crippen LogP contribution < -0.4 is 0 Å². The normalized spacial score (nSPS) is 16.7. The number of hydrogen-bond donors (Lipinski definition) is 1. The fraction of sp³-hybridized carbons (Fsp3) is 0.625. The fourth-order valence-corrected chi connectivity index (χ4v) is 5.67. The third kappa shape index (κ3) is 4.80. The van der Waals surface area contributed by atoms with Gasteiger partial charge < -0.3 is 10.0 Å². The zero-order valence-electron chi connectivity index (χ0n) is 14.5. The lowest BCUT2D eigenvalue weighted by Crippen LogP contribution is -2.37. The van der Waals surface area contributed by atoms with Gasteiger partial charge in [-0.05, 0) is 37.3 Å². The number of carbonyl (C=O) groups is 2. The lowest BCUT2D eigenvalue weighted by Gasteiger charge is -2.28. The molecule has 0 aromatic carbocycles. The smallest absolute Gasteiger partial charge is 0.323 e. The predicted molar refractivity (Wildman–Crippen MR) is 95.3 cm³/mol. The summed E-state index contributed by atoms with van der Waals surface area (Å²) in [4.78, 5) is 24.9. The second kappa shape index (κ2) is 8.29. The zero-order valence-corrected chi connectivity index (χ0v) is 16.1. The molecular formula is C16H24N2O5S2. The third-order valence-corrected chi connectivity index (χ3v) is 7.68. The van der Waals surface area contributed by atoms with Crippen molar-refractivity contribution in [3.05, 3.63) is 17.0 Å². The molecule has 0 atom stereocenters. The molecule has 1 N–H and O–H groups in total. The average Bonchev–Trinajstić information content (AvgIpc) is 3.04. The first kappa shape index (κ1) is 19.9. The molecule has 1 saturated heterocycles. The number of sulfonamides is 1. The number of thiophene rings is 1. The molecule has 0 aliphatic carbocycles. The minimum absolute atomic E-state index is 0.136. The van der Waals surface area contributed by atoms with Crippen LogP contribution in [-0.4, -0.2) is 60.8 Å². The van der Waals surface area contributed by atoms with Crippen molar-refractivity contribution < 1.29 is 23.1 Å². The van der Waals surface area contributed by atoms with Gasteiger partial charge in [0.05, 0.1) is 4.88 Å². The molecule has 2 heterocycles. The van der Waals surface area contributed by atoms with Crippen molar-refractivity contribution in [1.82, 2.24) is 9.21 Å². The second-order valence-corrected chi connectivity index (χ2v) is 9.57. The van der Waals surface area contributed by atoms with Crippen LogP contribution in [0.1, 0.15) is 42.8 Å². The Labute approximate surface area is 152 Å². The summed E-state index contributed by atoms with van der Waals surface area (Å²) in [6.45, 7) is 4.86. The molecule has 1 aromatic heterocycles. The molecule has 1 fully saturated rings. The molecule has 0 unspecified atom stereocenters. The van der Waals surface area contributed by atoms with Crippen molar-refractivity contribution >= 4 is 33.2 Å². The molecule has 140 valence electrons. The van der Waals surface area contributed by atoms with E-state index >= 15 is 0 Å². The third-order valence-electron chi connectivity index (χ3n) is 4.24. The Morgan fingerprint density at radius 3 is 2.52 bits per heavy atom. The van der Waals surface area contributed by atoms with Gasteiger partial charge in [-0.15, -0.1) is 11.3 Å². The van der Waals surface area contributed by atoms with Crippen molar-refractivity contribution in [2.75, 3.05) is 26.2 Å². The van der Waals surface area contributed by atoms with E-state index in [1.165, 1.54) is 21.3 Å². The Bertz CT molecular complexity index is 721. The van der Waals surface area contributed by atoms with E-state index in [0.717, 1.165) is 24.2 Å². The summed E-state index contributed by atoms with van der Waals surface area (Å²) < 4.78 is 27.0. The molecular weight excluding hydrogens is 364 g/mol. The molecule has 7 nitrogen and oxygen atoms in total. The molecule has 0 radical (unpaired) electrons. The number of carbonyl (C=O) groups excluding carboxylic acids is 1. The first-order valence-electron chi connectivity index (χ1n) is 8.36. The number of piperidine rings is 1. The molecule has 0 spiro atoms. The Balaban J connectivity index is 2.17. The zero-order chi connectivity index (χ0) is 18.6. The quantitative estimate of drug-likeness (QED) is 0.772. The van der Waals surface area contributed by atoms with Crippen LogP contribution in [0.3, 0.4) is 0 Å². The molecule has 0 saturated carbocycles. The number of carboxylic acid groups (broad SMARTS) is 1. The van der Waals surface area contributed by atoms with Crippen LogP contribution in [0.25, 0.3) is 0 Å². The number of rotatable bonds is 7. The van der Waals surface area contributed by atoms with Gasteiger partial charge in [0.1, 0.15) is 10.8 Å². The minimum atomic E-state index is -3.59. The number of amides is 1. The van der Waals surface area contributed by atoms with Gasteiger partial charge in [-0.25, -0.2) is 8.42 Å². The van der Waals surface area contributed by atoms with E-state index in [2.05, 4.69) is 6.92 Å². The Morgan fingerprint density at radius 1 is 1.32 bits per heavy atom. The van der Waals surface area contributed by atoms with Crippen molar-refractivity contribution in [3.8, 4) is 0 Å². The van der Waals surface area contributed by atoms with Crippen molar-refractivity contribution in [3.63, 3.8) is 0 Å². The van der Waals surface area contributed by atoms with Gasteiger partial charge in [0, 0.05) is 19.6 Å². The predicted octanol–water partition coefficient (Wildman–Crippen LogP) is 2.11. The molecule has 1 aromatic rings. The number of aliphatic carboxylic acids is 1. The summed E-state index contributed by atoms with van der Waals surface area (Å²) in [5, 5.41) is 8.94. The number of carboxylic acids is 1.